The fraction of sp³-hybridized carbons (Fsp3) is 0.792. The van der Waals surface area contributed by atoms with E-state index in [2.05, 4.69) is 15.6 Å². The summed E-state index contributed by atoms with van der Waals surface area (Å²) in [7, 11) is 0. The Morgan fingerprint density at radius 3 is 2.19 bits per heavy atom. The predicted octanol–water partition coefficient (Wildman–Crippen LogP) is 1.44. The summed E-state index contributed by atoms with van der Waals surface area (Å²) in [5.41, 5.74) is 5.17. The van der Waals surface area contributed by atoms with Gasteiger partial charge < -0.3 is 30.4 Å². The lowest BCUT2D eigenvalue weighted by Crippen LogP contribution is -2.51. The lowest BCUT2D eigenvalue weighted by atomic mass is 9.80. The molecular formula is C24H42N4O8. The molecule has 0 saturated heterocycles. The molecule has 12 heteroatoms. The molecule has 0 aliphatic heterocycles. The van der Waals surface area contributed by atoms with E-state index in [1.54, 1.807) is 27.7 Å². The summed E-state index contributed by atoms with van der Waals surface area (Å²) in [6.07, 6.45) is -0.585. The van der Waals surface area contributed by atoms with Gasteiger partial charge >= 0.3 is 18.0 Å². The summed E-state index contributed by atoms with van der Waals surface area (Å²) < 4.78 is 14.8. The van der Waals surface area contributed by atoms with E-state index in [4.69, 9.17) is 19.9 Å². The van der Waals surface area contributed by atoms with Crippen molar-refractivity contribution in [2.75, 3.05) is 13.4 Å². The van der Waals surface area contributed by atoms with E-state index < -0.39 is 60.3 Å². The van der Waals surface area contributed by atoms with Gasteiger partial charge in [0.25, 0.3) is 0 Å². The van der Waals surface area contributed by atoms with Crippen LogP contribution in [0.1, 0.15) is 67.7 Å². The number of alkyl carbamates (subject to hydrolysis) is 1. The van der Waals surface area contributed by atoms with Gasteiger partial charge in [-0.3, -0.25) is 19.7 Å². The van der Waals surface area contributed by atoms with Crippen molar-refractivity contribution in [1.29, 1.82) is 0 Å². The number of carbonyl (C=O) groups excluding carboxylic acids is 4. The van der Waals surface area contributed by atoms with Crippen molar-refractivity contribution in [3.05, 3.63) is 0 Å². The fourth-order valence-corrected chi connectivity index (χ4v) is 4.39. The van der Waals surface area contributed by atoms with Crippen LogP contribution in [0, 0.1) is 23.2 Å². The van der Waals surface area contributed by atoms with E-state index in [1.165, 1.54) is 6.92 Å². The Morgan fingerprint density at radius 2 is 1.69 bits per heavy atom. The van der Waals surface area contributed by atoms with Crippen LogP contribution < -0.4 is 16.4 Å². The molecular weight excluding hydrogens is 472 g/mol. The van der Waals surface area contributed by atoms with E-state index in [-0.39, 0.29) is 30.8 Å². The van der Waals surface area contributed by atoms with Gasteiger partial charge in [0.2, 0.25) is 12.7 Å². The Morgan fingerprint density at radius 1 is 1.08 bits per heavy atom. The summed E-state index contributed by atoms with van der Waals surface area (Å²) in [6.45, 7) is 11.5. The number of aliphatic hydroxyl groups excluding tert-OH is 1. The van der Waals surface area contributed by atoms with E-state index in [0.29, 0.717) is 0 Å². The molecule has 0 heterocycles. The third-order valence-corrected chi connectivity index (χ3v) is 6.20. The summed E-state index contributed by atoms with van der Waals surface area (Å²) in [5.74, 6) is -3.21. The molecule has 0 spiro atoms. The molecule has 1 aliphatic rings. The second-order valence-corrected chi connectivity index (χ2v) is 9.90. The molecule has 0 aromatic heterocycles. The predicted molar refractivity (Wildman–Crippen MR) is 131 cm³/mol. The molecule has 36 heavy (non-hydrogen) atoms. The van der Waals surface area contributed by atoms with E-state index >= 15 is 0 Å². The number of ether oxygens (including phenoxy) is 3. The lowest BCUT2D eigenvalue weighted by Gasteiger charge is -2.35. The van der Waals surface area contributed by atoms with Crippen LogP contribution in [0.4, 0.5) is 4.79 Å². The zero-order valence-electron chi connectivity index (χ0n) is 22.3. The van der Waals surface area contributed by atoms with Gasteiger partial charge in [0.1, 0.15) is 0 Å². The minimum atomic E-state index is -1.15. The van der Waals surface area contributed by atoms with Crippen molar-refractivity contribution in [2.45, 2.75) is 85.9 Å². The Hall–Kier alpha value is -2.89. The Bertz CT molecular complexity index is 806. The van der Waals surface area contributed by atoms with Crippen LogP contribution in [0.15, 0.2) is 4.99 Å². The molecule has 2 amide bonds. The van der Waals surface area contributed by atoms with Crippen LogP contribution in [0.25, 0.3) is 0 Å². The van der Waals surface area contributed by atoms with Crippen LogP contribution >= 0.6 is 0 Å². The minimum Gasteiger partial charge on any atom is -0.466 e. The van der Waals surface area contributed by atoms with Gasteiger partial charge in [0.05, 0.1) is 30.1 Å². The van der Waals surface area contributed by atoms with Gasteiger partial charge in [-0.2, -0.15) is 0 Å². The highest BCUT2D eigenvalue weighted by molar-refractivity contribution is 5.93. The number of nitrogens with zero attached hydrogens (tertiary/aromatic N) is 1. The van der Waals surface area contributed by atoms with Crippen molar-refractivity contribution in [3.63, 3.8) is 0 Å². The molecule has 1 rings (SSSR count). The molecule has 1 unspecified atom stereocenters. The Balaban J connectivity index is 3.09. The summed E-state index contributed by atoms with van der Waals surface area (Å²) in [5, 5.41) is 16.3. The molecule has 0 aromatic carbocycles. The highest BCUT2D eigenvalue weighted by Gasteiger charge is 2.51. The van der Waals surface area contributed by atoms with E-state index in [9.17, 15) is 24.3 Å². The monoisotopic (exact) mass is 514 g/mol. The molecule has 1 fully saturated rings. The number of guanidine groups is 1. The molecule has 5 atom stereocenters. The van der Waals surface area contributed by atoms with Gasteiger partial charge in [-0.15, -0.1) is 0 Å². The smallest absolute Gasteiger partial charge is 0.416 e. The van der Waals surface area contributed by atoms with Crippen LogP contribution in [0.2, 0.25) is 0 Å². The first-order valence-corrected chi connectivity index (χ1v) is 12.3. The summed E-state index contributed by atoms with van der Waals surface area (Å²) in [4.78, 5) is 52.7. The summed E-state index contributed by atoms with van der Waals surface area (Å²) in [6, 6.07) is -1.19. The Labute approximate surface area is 212 Å². The zero-order chi connectivity index (χ0) is 27.6. The first-order valence-electron chi connectivity index (χ1n) is 12.3. The lowest BCUT2D eigenvalue weighted by molar-refractivity contribution is -0.161. The van der Waals surface area contributed by atoms with Crippen LogP contribution in [-0.4, -0.2) is 66.6 Å². The van der Waals surface area contributed by atoms with Gasteiger partial charge in [0.15, 0.2) is 5.96 Å². The largest absolute Gasteiger partial charge is 0.466 e. The number of hydrogen-bond acceptors (Lipinski definition) is 9. The topological polar surface area (TPSA) is 179 Å². The van der Waals surface area contributed by atoms with Crippen LogP contribution in [0.3, 0.4) is 0 Å². The van der Waals surface area contributed by atoms with Crippen molar-refractivity contribution in [2.24, 2.45) is 33.9 Å². The highest BCUT2D eigenvalue weighted by atomic mass is 16.7. The molecule has 12 nitrogen and oxygen atoms in total. The van der Waals surface area contributed by atoms with Crippen LogP contribution in [-0.2, 0) is 28.6 Å². The van der Waals surface area contributed by atoms with Gasteiger partial charge in [-0.25, -0.2) is 9.79 Å². The number of nitrogens with two attached hydrogens (primary N) is 1. The zero-order valence-corrected chi connectivity index (χ0v) is 22.3. The SMILES string of the molecule is CCOC(=O)[C@H]1C[C@@H](N=C(N)NC(=O)OCOC(=O)C(C)(C)C)[C@H](C(NC(C)=O)C(CC)CC)[C@@H]1O. The number of carbonyl (C=O) groups is 4. The third-order valence-electron chi connectivity index (χ3n) is 6.20. The molecule has 0 aromatic rings. The number of aliphatic imine (C=N–C) groups is 1. The number of aliphatic hydroxyl groups is 1. The average molecular weight is 515 g/mol. The number of amides is 2. The highest BCUT2D eigenvalue weighted by Crippen LogP contribution is 2.40. The molecule has 1 aliphatic carbocycles. The maximum Gasteiger partial charge on any atom is 0.416 e. The van der Waals surface area contributed by atoms with Gasteiger partial charge in [-0.1, -0.05) is 26.7 Å². The maximum atomic E-state index is 12.5. The quantitative estimate of drug-likeness (QED) is 0.145. The van der Waals surface area contributed by atoms with Crippen molar-refractivity contribution in [1.82, 2.24) is 10.6 Å². The van der Waals surface area contributed by atoms with Gasteiger partial charge in [-0.05, 0) is 40.0 Å². The molecule has 0 bridgehead atoms. The van der Waals surface area contributed by atoms with Crippen molar-refractivity contribution < 1.29 is 38.5 Å². The standard InChI is InChI=1S/C24H42N4O8/c1-8-14(9-2)18(26-13(4)29)17-16(11-15(19(17)30)20(31)34-10-3)27-22(25)28-23(33)36-12-35-21(32)24(5,6)7/h14-19,30H,8-12H2,1-7H3,(H,26,29)(H3,25,27,28,33)/t15-,16+,17+,18?,19+/m0/s1. The number of hydrogen-bond donors (Lipinski definition) is 4. The normalized spacial score (nSPS) is 23.1. The minimum absolute atomic E-state index is 0.00356. The second-order valence-electron chi connectivity index (χ2n) is 9.90. The van der Waals surface area contributed by atoms with Crippen molar-refractivity contribution in [3.8, 4) is 0 Å². The van der Waals surface area contributed by atoms with E-state index in [0.717, 1.165) is 12.8 Å². The van der Waals surface area contributed by atoms with Gasteiger partial charge in [0, 0.05) is 18.9 Å². The van der Waals surface area contributed by atoms with Crippen molar-refractivity contribution >= 4 is 29.9 Å². The first kappa shape index (κ1) is 31.1. The average Bonchev–Trinajstić information content (AvgIpc) is 3.08. The molecule has 0 radical (unpaired) electrons. The van der Waals surface area contributed by atoms with Crippen LogP contribution in [0.5, 0.6) is 0 Å². The molecule has 5 N–H and O–H groups in total. The number of rotatable bonds is 10. The number of esters is 2. The maximum absolute atomic E-state index is 12.5. The summed E-state index contributed by atoms with van der Waals surface area (Å²) >= 11 is 0. The third kappa shape index (κ3) is 8.96. The molecule has 1 saturated carbocycles. The Kier molecular flexibility index (Phi) is 12.1. The molecule has 206 valence electrons. The first-order chi connectivity index (χ1) is 16.8. The number of nitrogens with one attached hydrogen (secondary N) is 2. The second kappa shape index (κ2) is 14.0. The van der Waals surface area contributed by atoms with E-state index in [1.807, 2.05) is 13.8 Å². The fourth-order valence-electron chi connectivity index (χ4n) is 4.39.